The Morgan fingerprint density at radius 3 is 2.54 bits per heavy atom. The van der Waals surface area contributed by atoms with Crippen LogP contribution >= 0.6 is 0 Å². The van der Waals surface area contributed by atoms with Crippen LogP contribution in [0.4, 0.5) is 10.5 Å². The molecule has 190 valence electrons. The average Bonchev–Trinajstić information content (AvgIpc) is 2.75. The standard InChI is InChI=1S/C25H35N5O5/c1-16-28-18-11-9-10-17(21(18)23(33)30(16)19-12-13-20(31)29-22(19)32)26-14-7-5-6-8-15-27-24(34)35-25(2,3)4/h9-11,19,26H,5-8,12-15H2,1-4H3,(H,27,34)(H,29,31,32). The molecule has 1 atom stereocenters. The Kier molecular flexibility index (Phi) is 8.48. The van der Waals surface area contributed by atoms with E-state index < -0.39 is 23.6 Å². The summed E-state index contributed by atoms with van der Waals surface area (Å²) in [4.78, 5) is 53.5. The third-order valence-electron chi connectivity index (χ3n) is 5.72. The van der Waals surface area contributed by atoms with Gasteiger partial charge in [-0.25, -0.2) is 9.78 Å². The number of ether oxygens (including phenoxy) is 1. The molecule has 1 aromatic carbocycles. The van der Waals surface area contributed by atoms with Gasteiger partial charge in [0.2, 0.25) is 11.8 Å². The van der Waals surface area contributed by atoms with E-state index in [0.717, 1.165) is 25.7 Å². The number of amides is 3. The topological polar surface area (TPSA) is 131 Å². The quantitative estimate of drug-likeness (QED) is 0.367. The molecule has 3 N–H and O–H groups in total. The summed E-state index contributed by atoms with van der Waals surface area (Å²) in [6.45, 7) is 8.42. The zero-order chi connectivity index (χ0) is 25.6. The van der Waals surface area contributed by atoms with Crippen LogP contribution in [0.1, 0.15) is 71.2 Å². The molecule has 2 heterocycles. The lowest BCUT2D eigenvalue weighted by Gasteiger charge is -2.24. The summed E-state index contributed by atoms with van der Waals surface area (Å²) in [5.41, 5.74) is 0.441. The van der Waals surface area contributed by atoms with E-state index in [2.05, 4.69) is 20.9 Å². The largest absolute Gasteiger partial charge is 0.444 e. The number of alkyl carbamates (subject to hydrolysis) is 1. The van der Waals surface area contributed by atoms with Gasteiger partial charge in [-0.05, 0) is 59.1 Å². The molecule has 1 fully saturated rings. The van der Waals surface area contributed by atoms with Gasteiger partial charge in [-0.2, -0.15) is 0 Å². The fourth-order valence-electron chi connectivity index (χ4n) is 4.13. The van der Waals surface area contributed by atoms with E-state index in [9.17, 15) is 19.2 Å². The smallest absolute Gasteiger partial charge is 0.407 e. The van der Waals surface area contributed by atoms with Gasteiger partial charge in [0.15, 0.2) is 0 Å². The molecule has 1 unspecified atom stereocenters. The molecule has 0 saturated carbocycles. The van der Waals surface area contributed by atoms with E-state index in [1.165, 1.54) is 4.57 Å². The summed E-state index contributed by atoms with van der Waals surface area (Å²) < 4.78 is 6.61. The second kappa shape index (κ2) is 11.3. The van der Waals surface area contributed by atoms with Crippen molar-refractivity contribution in [3.63, 3.8) is 0 Å². The third kappa shape index (κ3) is 7.03. The molecule has 3 rings (SSSR count). The van der Waals surface area contributed by atoms with Crippen molar-refractivity contribution in [2.75, 3.05) is 18.4 Å². The van der Waals surface area contributed by atoms with Crippen LogP contribution in [-0.2, 0) is 14.3 Å². The number of unbranched alkanes of at least 4 members (excludes halogenated alkanes) is 3. The maximum Gasteiger partial charge on any atom is 0.407 e. The van der Waals surface area contributed by atoms with Gasteiger partial charge in [0.25, 0.3) is 5.56 Å². The maximum atomic E-state index is 13.4. The van der Waals surface area contributed by atoms with Crippen molar-refractivity contribution in [2.24, 2.45) is 0 Å². The SMILES string of the molecule is Cc1nc2cccc(NCCCCCCNC(=O)OC(C)(C)C)c2c(=O)n1C1CCC(=O)NC1=O. The van der Waals surface area contributed by atoms with Crippen molar-refractivity contribution in [3.05, 3.63) is 34.4 Å². The highest BCUT2D eigenvalue weighted by molar-refractivity contribution is 5.99. The van der Waals surface area contributed by atoms with Crippen molar-refractivity contribution < 1.29 is 19.1 Å². The Labute approximate surface area is 204 Å². The number of anilines is 1. The van der Waals surface area contributed by atoms with Gasteiger partial charge >= 0.3 is 6.09 Å². The number of aryl methyl sites for hydroxylation is 1. The Morgan fingerprint density at radius 2 is 1.86 bits per heavy atom. The number of benzene rings is 1. The summed E-state index contributed by atoms with van der Waals surface area (Å²) >= 11 is 0. The first-order chi connectivity index (χ1) is 16.6. The van der Waals surface area contributed by atoms with E-state index in [0.29, 0.717) is 35.5 Å². The van der Waals surface area contributed by atoms with Crippen molar-refractivity contribution >= 4 is 34.5 Å². The first-order valence-electron chi connectivity index (χ1n) is 12.1. The Hall–Kier alpha value is -3.43. The first kappa shape index (κ1) is 26.2. The second-order valence-electron chi connectivity index (χ2n) is 9.77. The number of rotatable bonds is 9. The van der Waals surface area contributed by atoms with Gasteiger partial charge in [-0.3, -0.25) is 24.3 Å². The summed E-state index contributed by atoms with van der Waals surface area (Å²) in [7, 11) is 0. The van der Waals surface area contributed by atoms with E-state index in [1.54, 1.807) is 13.0 Å². The number of imide groups is 1. The molecular formula is C25H35N5O5. The summed E-state index contributed by atoms with van der Waals surface area (Å²) in [6.07, 6.45) is 3.73. The van der Waals surface area contributed by atoms with Gasteiger partial charge in [-0.1, -0.05) is 18.9 Å². The fraction of sp³-hybridized carbons (Fsp3) is 0.560. The highest BCUT2D eigenvalue weighted by Crippen LogP contribution is 2.23. The molecule has 0 bridgehead atoms. The molecule has 35 heavy (non-hydrogen) atoms. The predicted molar refractivity (Wildman–Crippen MR) is 133 cm³/mol. The lowest BCUT2D eigenvalue weighted by atomic mass is 10.1. The second-order valence-corrected chi connectivity index (χ2v) is 9.77. The van der Waals surface area contributed by atoms with Crippen LogP contribution < -0.4 is 21.5 Å². The minimum atomic E-state index is -0.751. The van der Waals surface area contributed by atoms with Crippen molar-refractivity contribution in [3.8, 4) is 0 Å². The van der Waals surface area contributed by atoms with Gasteiger partial charge < -0.3 is 15.4 Å². The zero-order valence-electron chi connectivity index (χ0n) is 20.9. The fourth-order valence-corrected chi connectivity index (χ4v) is 4.13. The monoisotopic (exact) mass is 485 g/mol. The number of piperidine rings is 1. The maximum absolute atomic E-state index is 13.4. The van der Waals surface area contributed by atoms with Crippen molar-refractivity contribution in [1.82, 2.24) is 20.2 Å². The molecule has 2 aromatic rings. The van der Waals surface area contributed by atoms with Gasteiger partial charge in [0, 0.05) is 25.2 Å². The summed E-state index contributed by atoms with van der Waals surface area (Å²) in [5.74, 6) is -0.359. The van der Waals surface area contributed by atoms with Crippen molar-refractivity contribution in [2.45, 2.75) is 77.9 Å². The first-order valence-corrected chi connectivity index (χ1v) is 12.1. The zero-order valence-corrected chi connectivity index (χ0v) is 20.9. The van der Waals surface area contributed by atoms with Gasteiger partial charge in [0.05, 0.1) is 10.9 Å². The molecule has 1 aliphatic rings. The molecule has 0 radical (unpaired) electrons. The number of hydrogen-bond donors (Lipinski definition) is 3. The van der Waals surface area contributed by atoms with Crippen molar-refractivity contribution in [1.29, 1.82) is 0 Å². The van der Waals surface area contributed by atoms with Crippen LogP contribution in [-0.4, -0.2) is 46.1 Å². The number of nitrogens with one attached hydrogen (secondary N) is 3. The highest BCUT2D eigenvalue weighted by Gasteiger charge is 2.30. The van der Waals surface area contributed by atoms with Crippen LogP contribution in [0.2, 0.25) is 0 Å². The number of hydrogen-bond acceptors (Lipinski definition) is 7. The molecule has 1 saturated heterocycles. The molecule has 1 aliphatic heterocycles. The number of carbonyl (C=O) groups is 3. The molecule has 10 heteroatoms. The third-order valence-corrected chi connectivity index (χ3v) is 5.72. The van der Waals surface area contributed by atoms with E-state index >= 15 is 0 Å². The molecule has 10 nitrogen and oxygen atoms in total. The highest BCUT2D eigenvalue weighted by atomic mass is 16.6. The van der Waals surface area contributed by atoms with E-state index in [-0.39, 0.29) is 24.3 Å². The Bertz CT molecular complexity index is 1150. The van der Waals surface area contributed by atoms with Crippen LogP contribution in [0, 0.1) is 6.92 Å². The molecule has 0 spiro atoms. The van der Waals surface area contributed by atoms with Gasteiger partial charge in [0.1, 0.15) is 17.5 Å². The number of aromatic nitrogens is 2. The molecule has 0 aliphatic carbocycles. The van der Waals surface area contributed by atoms with E-state index in [1.807, 2.05) is 32.9 Å². The lowest BCUT2D eigenvalue weighted by Crippen LogP contribution is -2.45. The van der Waals surface area contributed by atoms with Gasteiger partial charge in [-0.15, -0.1) is 0 Å². The molecular weight excluding hydrogens is 450 g/mol. The Morgan fingerprint density at radius 1 is 1.14 bits per heavy atom. The van der Waals surface area contributed by atoms with Crippen LogP contribution in [0.3, 0.4) is 0 Å². The number of fused-ring (bicyclic) bond motifs is 1. The average molecular weight is 486 g/mol. The van der Waals surface area contributed by atoms with Crippen LogP contribution in [0.15, 0.2) is 23.0 Å². The summed E-state index contributed by atoms with van der Waals surface area (Å²) in [5, 5.41) is 8.84. The van der Waals surface area contributed by atoms with E-state index in [4.69, 9.17) is 4.74 Å². The molecule has 1 aromatic heterocycles. The predicted octanol–water partition coefficient (Wildman–Crippen LogP) is 3.18. The Balaban J connectivity index is 1.56. The molecule has 3 amide bonds. The van der Waals surface area contributed by atoms with Crippen LogP contribution in [0.25, 0.3) is 10.9 Å². The number of carbonyl (C=O) groups excluding carboxylic acids is 3. The normalized spacial score (nSPS) is 16.2. The van der Waals surface area contributed by atoms with Crippen LogP contribution in [0.5, 0.6) is 0 Å². The summed E-state index contributed by atoms with van der Waals surface area (Å²) in [6, 6.07) is 4.70. The minimum Gasteiger partial charge on any atom is -0.444 e. The number of nitrogens with zero attached hydrogens (tertiary/aromatic N) is 2. The lowest BCUT2D eigenvalue weighted by molar-refractivity contribution is -0.135. The minimum absolute atomic E-state index is 0.188.